The molecule has 5 nitrogen and oxygen atoms in total. The summed E-state index contributed by atoms with van der Waals surface area (Å²) in [6, 6.07) is 0. The molecule has 5 heteroatoms. The highest BCUT2D eigenvalue weighted by Crippen LogP contribution is 2.27. The lowest BCUT2D eigenvalue weighted by atomic mass is 10.4. The molecule has 0 aromatic heterocycles. The summed E-state index contributed by atoms with van der Waals surface area (Å²) in [6.45, 7) is 1.08. The molecule has 1 aliphatic rings. The minimum Gasteiger partial charge on any atom is -0.368 e. The van der Waals surface area contributed by atoms with Gasteiger partial charge in [-0.3, -0.25) is 9.59 Å². The van der Waals surface area contributed by atoms with Crippen molar-refractivity contribution in [2.24, 2.45) is 11.7 Å². The van der Waals surface area contributed by atoms with Gasteiger partial charge >= 0.3 is 0 Å². The van der Waals surface area contributed by atoms with Crippen molar-refractivity contribution < 1.29 is 9.59 Å². The van der Waals surface area contributed by atoms with Crippen molar-refractivity contribution in [3.63, 3.8) is 0 Å². The number of hydrogen-bond donors (Lipinski definition) is 3. The third-order valence-corrected chi connectivity index (χ3v) is 1.88. The molecule has 0 radical (unpaired) electrons. The highest BCUT2D eigenvalue weighted by atomic mass is 16.2. The van der Waals surface area contributed by atoms with Gasteiger partial charge in [-0.05, 0) is 25.3 Å². The molecule has 74 valence electrons. The molecule has 0 spiro atoms. The van der Waals surface area contributed by atoms with Crippen molar-refractivity contribution in [2.45, 2.75) is 12.8 Å². The van der Waals surface area contributed by atoms with Gasteiger partial charge in [0.1, 0.15) is 0 Å². The maximum atomic E-state index is 11.0. The molecule has 0 aromatic carbocycles. The number of hydrogen-bond acceptors (Lipinski definition) is 3. The molecule has 0 bridgehead atoms. The van der Waals surface area contributed by atoms with Gasteiger partial charge in [0.05, 0.1) is 13.1 Å². The van der Waals surface area contributed by atoms with Crippen molar-refractivity contribution >= 4 is 11.8 Å². The van der Waals surface area contributed by atoms with E-state index in [1.165, 1.54) is 12.8 Å². The summed E-state index contributed by atoms with van der Waals surface area (Å²) < 4.78 is 0. The Labute approximate surface area is 77.1 Å². The maximum Gasteiger partial charge on any atom is 0.236 e. The number of carbonyl (C=O) groups excluding carboxylic acids is 2. The molecule has 1 aliphatic carbocycles. The Morgan fingerprint density at radius 1 is 1.31 bits per heavy atom. The van der Waals surface area contributed by atoms with Gasteiger partial charge in [0.2, 0.25) is 11.8 Å². The lowest BCUT2D eigenvalue weighted by Gasteiger charge is -2.03. The molecule has 0 atom stereocenters. The van der Waals surface area contributed by atoms with E-state index in [0.717, 1.165) is 12.5 Å². The Morgan fingerprint density at radius 3 is 2.54 bits per heavy atom. The van der Waals surface area contributed by atoms with Crippen LogP contribution in [-0.4, -0.2) is 31.4 Å². The molecular weight excluding hydrogens is 170 g/mol. The summed E-state index contributed by atoms with van der Waals surface area (Å²) in [6.07, 6.45) is 2.52. The predicted molar refractivity (Wildman–Crippen MR) is 47.8 cm³/mol. The molecule has 0 aliphatic heterocycles. The van der Waals surface area contributed by atoms with Crippen LogP contribution in [-0.2, 0) is 9.59 Å². The fraction of sp³-hybridized carbons (Fsp3) is 0.750. The lowest BCUT2D eigenvalue weighted by Crippen LogP contribution is -2.39. The molecule has 1 rings (SSSR count). The molecule has 1 fully saturated rings. The number of amides is 2. The largest absolute Gasteiger partial charge is 0.368 e. The zero-order valence-corrected chi connectivity index (χ0v) is 7.51. The standard InChI is InChI=1S/C8H15N3O2/c9-7(12)4-11-8(13)5-10-3-6-1-2-6/h6,10H,1-5H2,(H2,9,12)(H,11,13). The molecule has 0 heterocycles. The summed E-state index contributed by atoms with van der Waals surface area (Å²) in [5.41, 5.74) is 4.85. The van der Waals surface area contributed by atoms with Crippen LogP contribution in [0.15, 0.2) is 0 Å². The van der Waals surface area contributed by atoms with Crippen molar-refractivity contribution in [1.29, 1.82) is 0 Å². The fourth-order valence-corrected chi connectivity index (χ4v) is 0.960. The van der Waals surface area contributed by atoms with E-state index in [1.807, 2.05) is 0 Å². The summed E-state index contributed by atoms with van der Waals surface area (Å²) >= 11 is 0. The van der Waals surface area contributed by atoms with Crippen LogP contribution in [0.2, 0.25) is 0 Å². The van der Waals surface area contributed by atoms with E-state index in [0.29, 0.717) is 0 Å². The van der Waals surface area contributed by atoms with Gasteiger partial charge in [-0.25, -0.2) is 0 Å². The first-order valence-corrected chi connectivity index (χ1v) is 4.44. The topological polar surface area (TPSA) is 84.2 Å². The van der Waals surface area contributed by atoms with Gasteiger partial charge in [0, 0.05) is 0 Å². The van der Waals surface area contributed by atoms with E-state index in [-0.39, 0.29) is 19.0 Å². The summed E-state index contributed by atoms with van der Waals surface area (Å²) in [5, 5.41) is 5.41. The minimum absolute atomic E-state index is 0.0794. The fourth-order valence-electron chi connectivity index (χ4n) is 0.960. The van der Waals surface area contributed by atoms with Crippen LogP contribution in [0.1, 0.15) is 12.8 Å². The number of rotatable bonds is 6. The van der Waals surface area contributed by atoms with Gasteiger partial charge in [-0.1, -0.05) is 0 Å². The van der Waals surface area contributed by atoms with Crippen LogP contribution in [0.4, 0.5) is 0 Å². The van der Waals surface area contributed by atoms with Gasteiger partial charge < -0.3 is 16.4 Å². The minimum atomic E-state index is -0.518. The van der Waals surface area contributed by atoms with Crippen LogP contribution in [0, 0.1) is 5.92 Å². The molecule has 0 saturated heterocycles. The average Bonchev–Trinajstić information content (AvgIpc) is 2.84. The molecule has 0 unspecified atom stereocenters. The van der Waals surface area contributed by atoms with Gasteiger partial charge in [0.25, 0.3) is 0 Å². The number of primary amides is 1. The van der Waals surface area contributed by atoms with Crippen LogP contribution in [0.3, 0.4) is 0 Å². The zero-order chi connectivity index (χ0) is 9.68. The Hall–Kier alpha value is -1.10. The SMILES string of the molecule is NC(=O)CNC(=O)CNCC1CC1. The van der Waals surface area contributed by atoms with Gasteiger partial charge in [0.15, 0.2) is 0 Å². The predicted octanol–water partition coefficient (Wildman–Crippen LogP) is -1.41. The average molecular weight is 185 g/mol. The molecule has 1 saturated carbocycles. The van der Waals surface area contributed by atoms with Crippen molar-refractivity contribution in [3.05, 3.63) is 0 Å². The van der Waals surface area contributed by atoms with Crippen molar-refractivity contribution in [2.75, 3.05) is 19.6 Å². The number of nitrogens with two attached hydrogens (primary N) is 1. The van der Waals surface area contributed by atoms with Gasteiger partial charge in [-0.15, -0.1) is 0 Å². The summed E-state index contributed by atoms with van der Waals surface area (Å²) in [5.74, 6) is 0.0546. The van der Waals surface area contributed by atoms with E-state index >= 15 is 0 Å². The maximum absolute atomic E-state index is 11.0. The Bertz CT molecular complexity index is 202. The molecule has 2 amide bonds. The lowest BCUT2D eigenvalue weighted by molar-refractivity contribution is -0.124. The highest BCUT2D eigenvalue weighted by molar-refractivity contribution is 5.84. The molecular formula is C8H15N3O2. The van der Waals surface area contributed by atoms with Crippen LogP contribution in [0.25, 0.3) is 0 Å². The summed E-state index contributed by atoms with van der Waals surface area (Å²) in [4.78, 5) is 21.3. The molecule has 13 heavy (non-hydrogen) atoms. The Balaban J connectivity index is 1.93. The molecule has 4 N–H and O–H groups in total. The second-order valence-electron chi connectivity index (χ2n) is 3.32. The van der Waals surface area contributed by atoms with E-state index in [9.17, 15) is 9.59 Å². The summed E-state index contributed by atoms with van der Waals surface area (Å²) in [7, 11) is 0. The number of carbonyl (C=O) groups is 2. The van der Waals surface area contributed by atoms with Gasteiger partial charge in [-0.2, -0.15) is 0 Å². The van der Waals surface area contributed by atoms with E-state index in [4.69, 9.17) is 5.73 Å². The van der Waals surface area contributed by atoms with E-state index in [2.05, 4.69) is 10.6 Å². The number of nitrogens with one attached hydrogen (secondary N) is 2. The third kappa shape index (κ3) is 5.19. The Kier molecular flexibility index (Phi) is 3.70. The van der Waals surface area contributed by atoms with E-state index < -0.39 is 5.91 Å². The Morgan fingerprint density at radius 2 is 2.00 bits per heavy atom. The molecule has 0 aromatic rings. The highest BCUT2D eigenvalue weighted by Gasteiger charge is 2.20. The second-order valence-corrected chi connectivity index (χ2v) is 3.32. The quantitative estimate of drug-likeness (QED) is 0.475. The first-order valence-electron chi connectivity index (χ1n) is 4.44. The smallest absolute Gasteiger partial charge is 0.236 e. The van der Waals surface area contributed by atoms with E-state index in [1.54, 1.807) is 0 Å². The van der Waals surface area contributed by atoms with Crippen molar-refractivity contribution in [3.8, 4) is 0 Å². The van der Waals surface area contributed by atoms with Crippen LogP contribution >= 0.6 is 0 Å². The normalized spacial score (nSPS) is 15.4. The second kappa shape index (κ2) is 4.81. The van der Waals surface area contributed by atoms with Crippen LogP contribution < -0.4 is 16.4 Å². The first-order chi connectivity index (χ1) is 6.18. The van der Waals surface area contributed by atoms with Crippen molar-refractivity contribution in [1.82, 2.24) is 10.6 Å². The third-order valence-electron chi connectivity index (χ3n) is 1.88. The zero-order valence-electron chi connectivity index (χ0n) is 7.51. The van der Waals surface area contributed by atoms with Crippen LogP contribution in [0.5, 0.6) is 0 Å². The monoisotopic (exact) mass is 185 g/mol. The first kappa shape index (κ1) is 9.98.